The minimum Gasteiger partial charge on any atom is -0.369 e. The Morgan fingerprint density at radius 2 is 1.60 bits per heavy atom. The van der Waals surface area contributed by atoms with Crippen molar-refractivity contribution in [1.29, 1.82) is 0 Å². The van der Waals surface area contributed by atoms with Crippen LogP contribution >= 0.6 is 0 Å². The zero-order valence-corrected chi connectivity index (χ0v) is 12.2. The number of piperidine rings is 2. The smallest absolute Gasteiger partial charge is 0.231 e. The third-order valence-corrected chi connectivity index (χ3v) is 4.34. The first-order valence-electron chi connectivity index (χ1n) is 7.60. The van der Waals surface area contributed by atoms with Crippen molar-refractivity contribution < 1.29 is 4.79 Å². The lowest BCUT2D eigenvalue weighted by atomic mass is 9.99. The molecule has 2 rings (SSSR count). The monoisotopic (exact) mass is 278 g/mol. The molecule has 20 heavy (non-hydrogen) atoms. The number of hydrogen-bond donors (Lipinski definition) is 2. The van der Waals surface area contributed by atoms with Gasteiger partial charge in [-0.3, -0.25) is 14.6 Å². The molecule has 0 atom stereocenters. The van der Waals surface area contributed by atoms with E-state index in [4.69, 9.17) is 12.2 Å². The van der Waals surface area contributed by atoms with Gasteiger partial charge in [0.25, 0.3) is 0 Å². The molecule has 0 saturated carbocycles. The largest absolute Gasteiger partial charge is 0.369 e. The van der Waals surface area contributed by atoms with Gasteiger partial charge in [0.2, 0.25) is 5.91 Å². The van der Waals surface area contributed by atoms with Crippen molar-refractivity contribution in [2.75, 3.05) is 39.3 Å². The molecule has 0 aromatic carbocycles. The van der Waals surface area contributed by atoms with Crippen molar-refractivity contribution in [3.63, 3.8) is 0 Å². The predicted molar refractivity (Wildman–Crippen MR) is 80.1 cm³/mol. The van der Waals surface area contributed by atoms with Gasteiger partial charge in [-0.1, -0.05) is 5.92 Å². The topological polar surface area (TPSA) is 61.6 Å². The van der Waals surface area contributed by atoms with Gasteiger partial charge in [0, 0.05) is 38.3 Å². The molecule has 2 saturated heterocycles. The van der Waals surface area contributed by atoms with Crippen LogP contribution in [-0.4, -0.2) is 67.1 Å². The molecule has 2 fully saturated rings. The van der Waals surface area contributed by atoms with Crippen LogP contribution in [0.4, 0.5) is 0 Å². The molecule has 0 spiro atoms. The van der Waals surface area contributed by atoms with Gasteiger partial charge in [0.1, 0.15) is 0 Å². The van der Waals surface area contributed by atoms with E-state index < -0.39 is 0 Å². The number of hydrogen-bond acceptors (Lipinski definition) is 4. The van der Waals surface area contributed by atoms with Gasteiger partial charge in [-0.25, -0.2) is 0 Å². The van der Waals surface area contributed by atoms with Crippen LogP contribution in [0, 0.1) is 12.3 Å². The number of carbonyl (C=O) groups is 1. The zero-order valence-electron chi connectivity index (χ0n) is 12.2. The fourth-order valence-corrected chi connectivity index (χ4v) is 3.20. The first kappa shape index (κ1) is 15.3. The molecule has 0 aromatic heterocycles. The Balaban J connectivity index is 1.64. The molecule has 5 heteroatoms. The first-order valence-corrected chi connectivity index (χ1v) is 7.60. The molecule has 3 N–H and O–H groups in total. The van der Waals surface area contributed by atoms with Crippen LogP contribution in [0.2, 0.25) is 0 Å². The number of nitrogens with zero attached hydrogens (tertiary/aromatic N) is 2. The Kier molecular flexibility index (Phi) is 5.84. The number of terminal acetylenes is 1. The standard InChI is InChI=1S/C15H26N4O/c1-2-7-18-8-3-13(4-9-18)17-14-5-10-19(11-6-14)12-15(16)20/h1,13-14,17H,3-12H2,(H2,16,20). The third kappa shape index (κ3) is 4.78. The van der Waals surface area contributed by atoms with Crippen LogP contribution in [0.25, 0.3) is 0 Å². The average molecular weight is 278 g/mol. The van der Waals surface area contributed by atoms with Crippen LogP contribution < -0.4 is 11.1 Å². The van der Waals surface area contributed by atoms with Crippen molar-refractivity contribution in [1.82, 2.24) is 15.1 Å². The summed E-state index contributed by atoms with van der Waals surface area (Å²) in [5.74, 6) is 2.49. The quantitative estimate of drug-likeness (QED) is 0.673. The first-order chi connectivity index (χ1) is 9.67. The van der Waals surface area contributed by atoms with Gasteiger partial charge < -0.3 is 11.1 Å². The summed E-state index contributed by atoms with van der Waals surface area (Å²) in [7, 11) is 0. The van der Waals surface area contributed by atoms with E-state index in [2.05, 4.69) is 21.0 Å². The molecule has 0 unspecified atom stereocenters. The van der Waals surface area contributed by atoms with Crippen molar-refractivity contribution in [2.24, 2.45) is 5.73 Å². The number of carbonyl (C=O) groups excluding carboxylic acids is 1. The maximum atomic E-state index is 10.9. The van der Waals surface area contributed by atoms with E-state index in [1.807, 2.05) is 0 Å². The second-order valence-electron chi connectivity index (χ2n) is 5.94. The third-order valence-electron chi connectivity index (χ3n) is 4.34. The summed E-state index contributed by atoms with van der Waals surface area (Å²) in [6.45, 7) is 5.31. The molecule has 5 nitrogen and oxygen atoms in total. The number of nitrogens with one attached hydrogen (secondary N) is 1. The summed E-state index contributed by atoms with van der Waals surface area (Å²) in [5, 5.41) is 3.77. The molecule has 0 aliphatic carbocycles. The summed E-state index contributed by atoms with van der Waals surface area (Å²) >= 11 is 0. The van der Waals surface area contributed by atoms with E-state index >= 15 is 0 Å². The predicted octanol–water partition coefficient (Wildman–Crippen LogP) is -0.377. The maximum absolute atomic E-state index is 10.9. The number of nitrogens with two attached hydrogens (primary N) is 1. The fourth-order valence-electron chi connectivity index (χ4n) is 3.20. The highest BCUT2D eigenvalue weighted by Gasteiger charge is 2.24. The minimum atomic E-state index is -0.225. The highest BCUT2D eigenvalue weighted by Crippen LogP contribution is 2.15. The Morgan fingerprint density at radius 1 is 1.10 bits per heavy atom. The number of amides is 1. The minimum absolute atomic E-state index is 0.225. The van der Waals surface area contributed by atoms with Gasteiger partial charge in [-0.15, -0.1) is 6.42 Å². The van der Waals surface area contributed by atoms with Gasteiger partial charge in [-0.2, -0.15) is 0 Å². The number of likely N-dealkylation sites (tertiary alicyclic amines) is 2. The highest BCUT2D eigenvalue weighted by molar-refractivity contribution is 5.75. The van der Waals surface area contributed by atoms with Gasteiger partial charge >= 0.3 is 0 Å². The number of primary amides is 1. The summed E-state index contributed by atoms with van der Waals surface area (Å²) in [6.07, 6.45) is 9.93. The Morgan fingerprint density at radius 3 is 2.05 bits per heavy atom. The van der Waals surface area contributed by atoms with Crippen molar-refractivity contribution in [3.8, 4) is 12.3 Å². The van der Waals surface area contributed by atoms with Gasteiger partial charge in [0.15, 0.2) is 0 Å². The second kappa shape index (κ2) is 7.63. The molecule has 112 valence electrons. The molecule has 2 heterocycles. The van der Waals surface area contributed by atoms with E-state index in [1.165, 1.54) is 12.8 Å². The normalized spacial score (nSPS) is 23.6. The zero-order chi connectivity index (χ0) is 14.4. The van der Waals surface area contributed by atoms with Crippen LogP contribution in [0.5, 0.6) is 0 Å². The lowest BCUT2D eigenvalue weighted by molar-refractivity contribution is -0.119. The van der Waals surface area contributed by atoms with E-state index in [1.54, 1.807) is 0 Å². The average Bonchev–Trinajstić information content (AvgIpc) is 2.43. The molecular formula is C15H26N4O. The van der Waals surface area contributed by atoms with E-state index in [0.29, 0.717) is 18.6 Å². The molecule has 0 aromatic rings. The second-order valence-corrected chi connectivity index (χ2v) is 5.94. The summed E-state index contributed by atoms with van der Waals surface area (Å²) in [4.78, 5) is 15.4. The molecule has 1 amide bonds. The van der Waals surface area contributed by atoms with E-state index in [9.17, 15) is 4.79 Å². The fraction of sp³-hybridized carbons (Fsp3) is 0.800. The summed E-state index contributed by atoms with van der Waals surface area (Å²) in [5.41, 5.74) is 5.23. The van der Waals surface area contributed by atoms with Gasteiger partial charge in [-0.05, 0) is 25.7 Å². The molecule has 2 aliphatic rings. The molecule has 0 bridgehead atoms. The summed E-state index contributed by atoms with van der Waals surface area (Å²) in [6, 6.07) is 1.21. The van der Waals surface area contributed by atoms with Crippen LogP contribution in [0.15, 0.2) is 0 Å². The van der Waals surface area contributed by atoms with Crippen molar-refractivity contribution in [2.45, 2.75) is 37.8 Å². The number of rotatable bonds is 5. The van der Waals surface area contributed by atoms with Crippen LogP contribution in [0.1, 0.15) is 25.7 Å². The van der Waals surface area contributed by atoms with E-state index in [0.717, 1.165) is 45.6 Å². The Bertz CT molecular complexity index is 349. The lowest BCUT2D eigenvalue weighted by Gasteiger charge is -2.37. The maximum Gasteiger partial charge on any atom is 0.231 e. The Labute approximate surface area is 121 Å². The molecular weight excluding hydrogens is 252 g/mol. The lowest BCUT2D eigenvalue weighted by Crippen LogP contribution is -2.50. The van der Waals surface area contributed by atoms with Crippen LogP contribution in [-0.2, 0) is 4.79 Å². The molecule has 2 aliphatic heterocycles. The van der Waals surface area contributed by atoms with Crippen molar-refractivity contribution in [3.05, 3.63) is 0 Å². The van der Waals surface area contributed by atoms with E-state index in [-0.39, 0.29) is 5.91 Å². The van der Waals surface area contributed by atoms with Gasteiger partial charge in [0.05, 0.1) is 13.1 Å². The van der Waals surface area contributed by atoms with Crippen molar-refractivity contribution >= 4 is 5.91 Å². The Hall–Kier alpha value is -1.09. The summed E-state index contributed by atoms with van der Waals surface area (Å²) < 4.78 is 0. The molecule has 0 radical (unpaired) electrons. The highest BCUT2D eigenvalue weighted by atomic mass is 16.1. The SMILES string of the molecule is C#CCN1CCC(NC2CCN(CC(N)=O)CC2)CC1. The van der Waals surface area contributed by atoms with Crippen LogP contribution in [0.3, 0.4) is 0 Å².